The van der Waals surface area contributed by atoms with E-state index in [-0.39, 0.29) is 23.5 Å². The molecule has 0 atom stereocenters. The van der Waals surface area contributed by atoms with Gasteiger partial charge < -0.3 is 18.9 Å². The van der Waals surface area contributed by atoms with Gasteiger partial charge in [0.25, 0.3) is 0 Å². The van der Waals surface area contributed by atoms with Gasteiger partial charge in [0.2, 0.25) is 17.6 Å². The molecule has 4 aromatic rings. The van der Waals surface area contributed by atoms with E-state index in [9.17, 15) is 9.59 Å². The zero-order chi connectivity index (χ0) is 20.5. The number of amides is 1. The lowest BCUT2D eigenvalue weighted by Crippen LogP contribution is -2.21. The number of nitrogens with zero attached hydrogens (tertiary/aromatic N) is 1. The van der Waals surface area contributed by atoms with Crippen LogP contribution in [0.25, 0.3) is 22.0 Å². The van der Waals surface area contributed by atoms with E-state index in [0.29, 0.717) is 28.4 Å². The van der Waals surface area contributed by atoms with E-state index in [1.807, 2.05) is 24.3 Å². The summed E-state index contributed by atoms with van der Waals surface area (Å²) in [5.74, 6) is 0.742. The molecule has 2 N–H and O–H groups in total. The van der Waals surface area contributed by atoms with Crippen molar-refractivity contribution in [2.24, 2.45) is 0 Å². The molecule has 0 aliphatic rings. The minimum Gasteiger partial charge on any atom is -0.493 e. The van der Waals surface area contributed by atoms with Gasteiger partial charge in [-0.1, -0.05) is 12.1 Å². The van der Waals surface area contributed by atoms with Gasteiger partial charge in [-0.3, -0.25) is 10.1 Å². The first-order chi connectivity index (χ1) is 14.0. The van der Waals surface area contributed by atoms with Crippen molar-refractivity contribution in [1.82, 2.24) is 9.97 Å². The molecule has 8 nitrogen and oxygen atoms in total. The highest BCUT2D eigenvalue weighted by Gasteiger charge is 2.20. The first kappa shape index (κ1) is 18.5. The van der Waals surface area contributed by atoms with Gasteiger partial charge in [0.1, 0.15) is 0 Å². The van der Waals surface area contributed by atoms with Crippen LogP contribution in [0.15, 0.2) is 45.6 Å². The molecule has 148 valence electrons. The Labute approximate surface area is 165 Å². The molecule has 0 saturated heterocycles. The summed E-state index contributed by atoms with van der Waals surface area (Å²) in [5, 5.41) is 3.37. The number of fused-ring (bicyclic) bond motifs is 2. The Morgan fingerprint density at radius 1 is 1.17 bits per heavy atom. The number of aryl methyl sites for hydroxylation is 1. The van der Waals surface area contributed by atoms with Crippen molar-refractivity contribution in [2.45, 2.75) is 13.3 Å². The average Bonchev–Trinajstić information content (AvgIpc) is 3.12. The number of aromatic nitrogens is 2. The number of benzene rings is 2. The molecule has 2 aromatic heterocycles. The van der Waals surface area contributed by atoms with Crippen molar-refractivity contribution < 1.29 is 18.7 Å². The number of carbonyl (C=O) groups excluding carboxylic acids is 1. The molecule has 0 saturated carbocycles. The van der Waals surface area contributed by atoms with Crippen LogP contribution in [-0.2, 0) is 11.2 Å². The van der Waals surface area contributed by atoms with Crippen LogP contribution in [0.3, 0.4) is 0 Å². The van der Waals surface area contributed by atoms with Crippen molar-refractivity contribution in [3.8, 4) is 11.5 Å². The molecule has 8 heteroatoms. The molecule has 0 unspecified atom stereocenters. The number of nitrogens with one attached hydrogen (secondary N) is 2. The fraction of sp³-hybridized carbons (Fsp3) is 0.190. The van der Waals surface area contributed by atoms with E-state index in [1.165, 1.54) is 14.2 Å². The molecule has 2 aromatic carbocycles. The van der Waals surface area contributed by atoms with E-state index in [1.54, 1.807) is 19.1 Å². The van der Waals surface area contributed by atoms with Gasteiger partial charge in [0.05, 0.1) is 37.2 Å². The summed E-state index contributed by atoms with van der Waals surface area (Å²) in [6.07, 6.45) is -0.143. The minimum absolute atomic E-state index is 0.143. The molecular formula is C21H19N3O5. The van der Waals surface area contributed by atoms with Crippen molar-refractivity contribution in [1.29, 1.82) is 0 Å². The fourth-order valence-corrected chi connectivity index (χ4v) is 3.32. The van der Waals surface area contributed by atoms with Gasteiger partial charge in [-0.05, 0) is 36.8 Å². The van der Waals surface area contributed by atoms with Crippen molar-refractivity contribution >= 4 is 33.9 Å². The maximum atomic E-state index is 12.6. The smallest absolute Gasteiger partial charge is 0.340 e. The number of methoxy groups -OCH3 is 2. The number of anilines is 1. The lowest BCUT2D eigenvalue weighted by atomic mass is 10.0. The summed E-state index contributed by atoms with van der Waals surface area (Å²) >= 11 is 0. The molecule has 0 bridgehead atoms. The predicted octanol–water partition coefficient (Wildman–Crippen LogP) is 3.18. The predicted molar refractivity (Wildman–Crippen MR) is 109 cm³/mol. The third-order valence-corrected chi connectivity index (χ3v) is 4.78. The molecular weight excluding hydrogens is 374 g/mol. The summed E-state index contributed by atoms with van der Waals surface area (Å²) < 4.78 is 16.1. The number of rotatable bonds is 5. The zero-order valence-corrected chi connectivity index (χ0v) is 16.2. The van der Waals surface area contributed by atoms with Gasteiger partial charge >= 0.3 is 5.63 Å². The van der Waals surface area contributed by atoms with Crippen LogP contribution >= 0.6 is 0 Å². The van der Waals surface area contributed by atoms with Gasteiger partial charge in [-0.2, -0.15) is 0 Å². The molecule has 4 rings (SSSR count). The molecule has 0 aliphatic heterocycles. The summed E-state index contributed by atoms with van der Waals surface area (Å²) in [4.78, 5) is 32.4. The van der Waals surface area contributed by atoms with Gasteiger partial charge in [-0.25, -0.2) is 9.78 Å². The summed E-state index contributed by atoms with van der Waals surface area (Å²) in [5.41, 5.74) is 2.17. The summed E-state index contributed by atoms with van der Waals surface area (Å²) in [6, 6.07) is 10.9. The highest BCUT2D eigenvalue weighted by Crippen LogP contribution is 2.36. The Morgan fingerprint density at radius 2 is 1.97 bits per heavy atom. The minimum atomic E-state index is -0.596. The highest BCUT2D eigenvalue weighted by molar-refractivity contribution is 5.94. The van der Waals surface area contributed by atoms with E-state index in [0.717, 1.165) is 11.0 Å². The second-order valence-corrected chi connectivity index (χ2v) is 6.50. The Kier molecular flexibility index (Phi) is 4.67. The van der Waals surface area contributed by atoms with Crippen LogP contribution < -0.4 is 20.4 Å². The lowest BCUT2D eigenvalue weighted by Gasteiger charge is -2.12. The standard InChI is InChI=1S/C21H19N3O5/c1-11-12-8-9-16(27-2)19(28-3)18(12)29-20(26)13(11)10-17(25)24-21-22-14-6-4-5-7-15(14)23-21/h4-9H,10H2,1-3H3,(H2,22,23,24,25). The normalized spacial score (nSPS) is 11.0. The van der Waals surface area contributed by atoms with Gasteiger partial charge in [-0.15, -0.1) is 0 Å². The molecule has 0 radical (unpaired) electrons. The van der Waals surface area contributed by atoms with Crippen LogP contribution in [-0.4, -0.2) is 30.1 Å². The van der Waals surface area contributed by atoms with Crippen molar-refractivity contribution in [3.05, 3.63) is 57.9 Å². The number of aromatic amines is 1. The Balaban J connectivity index is 1.66. The Hall–Kier alpha value is -3.81. The number of ether oxygens (including phenoxy) is 2. The van der Waals surface area contributed by atoms with Crippen LogP contribution in [0.2, 0.25) is 0 Å². The SMILES string of the molecule is COc1ccc2c(C)c(CC(=O)Nc3nc4ccccc4[nH]3)c(=O)oc2c1OC. The first-order valence-corrected chi connectivity index (χ1v) is 8.93. The summed E-state index contributed by atoms with van der Waals surface area (Å²) in [7, 11) is 2.98. The Morgan fingerprint density at radius 3 is 2.69 bits per heavy atom. The van der Waals surface area contributed by atoms with E-state index in [2.05, 4.69) is 15.3 Å². The number of carbonyl (C=O) groups is 1. The van der Waals surface area contributed by atoms with Gasteiger partial charge in [0.15, 0.2) is 11.3 Å². The van der Waals surface area contributed by atoms with E-state index >= 15 is 0 Å². The number of hydrogen-bond acceptors (Lipinski definition) is 6. The quantitative estimate of drug-likeness (QED) is 0.505. The topological polar surface area (TPSA) is 106 Å². The lowest BCUT2D eigenvalue weighted by molar-refractivity contribution is -0.115. The number of para-hydroxylation sites is 2. The largest absolute Gasteiger partial charge is 0.493 e. The second kappa shape index (κ2) is 7.31. The second-order valence-electron chi connectivity index (χ2n) is 6.50. The maximum absolute atomic E-state index is 12.6. The van der Waals surface area contributed by atoms with E-state index in [4.69, 9.17) is 13.9 Å². The van der Waals surface area contributed by atoms with Crippen LogP contribution in [0.5, 0.6) is 11.5 Å². The molecule has 1 amide bonds. The Bertz CT molecular complexity index is 1260. The fourth-order valence-electron chi connectivity index (χ4n) is 3.32. The van der Waals surface area contributed by atoms with Crippen molar-refractivity contribution in [3.63, 3.8) is 0 Å². The molecule has 0 fully saturated rings. The highest BCUT2D eigenvalue weighted by atomic mass is 16.5. The molecule has 0 spiro atoms. The summed E-state index contributed by atoms with van der Waals surface area (Å²) in [6.45, 7) is 1.77. The van der Waals surface area contributed by atoms with Gasteiger partial charge in [0, 0.05) is 5.39 Å². The maximum Gasteiger partial charge on any atom is 0.340 e. The number of H-pyrrole nitrogens is 1. The molecule has 2 heterocycles. The third kappa shape index (κ3) is 3.29. The zero-order valence-electron chi connectivity index (χ0n) is 16.2. The van der Waals surface area contributed by atoms with E-state index < -0.39 is 5.63 Å². The van der Waals surface area contributed by atoms with Crippen LogP contribution in [0.1, 0.15) is 11.1 Å². The number of imidazole rings is 1. The number of hydrogen-bond donors (Lipinski definition) is 2. The third-order valence-electron chi connectivity index (χ3n) is 4.78. The van der Waals surface area contributed by atoms with Crippen LogP contribution in [0.4, 0.5) is 5.95 Å². The first-order valence-electron chi connectivity index (χ1n) is 8.93. The average molecular weight is 393 g/mol. The van der Waals surface area contributed by atoms with Crippen molar-refractivity contribution in [2.75, 3.05) is 19.5 Å². The molecule has 29 heavy (non-hydrogen) atoms. The monoisotopic (exact) mass is 393 g/mol. The van der Waals surface area contributed by atoms with Crippen LogP contribution in [0, 0.1) is 6.92 Å². The molecule has 0 aliphatic carbocycles.